The van der Waals surface area contributed by atoms with Crippen LogP contribution < -0.4 is 0 Å². The molecular formula is C12H14F2O. The van der Waals surface area contributed by atoms with Crippen LogP contribution in [0.4, 0.5) is 8.78 Å². The smallest absolute Gasteiger partial charge is 0.298 e. The van der Waals surface area contributed by atoms with Gasteiger partial charge in [0.1, 0.15) is 6.10 Å². The maximum absolute atomic E-state index is 13.9. The Labute approximate surface area is 88.1 Å². The van der Waals surface area contributed by atoms with E-state index in [4.69, 9.17) is 4.74 Å². The molecule has 0 aliphatic carbocycles. The minimum absolute atomic E-state index is 0.0643. The van der Waals surface area contributed by atoms with Crippen LogP contribution in [0.3, 0.4) is 0 Å². The molecule has 0 saturated carbocycles. The van der Waals surface area contributed by atoms with Gasteiger partial charge in [-0.2, -0.15) is 8.78 Å². The van der Waals surface area contributed by atoms with Crippen LogP contribution in [0.25, 0.3) is 0 Å². The molecule has 1 unspecified atom stereocenters. The van der Waals surface area contributed by atoms with E-state index in [1.807, 2.05) is 13.0 Å². The van der Waals surface area contributed by atoms with Crippen LogP contribution in [0.1, 0.15) is 24.0 Å². The summed E-state index contributed by atoms with van der Waals surface area (Å²) >= 11 is 0. The molecule has 0 amide bonds. The molecule has 0 aromatic heterocycles. The third kappa shape index (κ3) is 2.02. The molecule has 15 heavy (non-hydrogen) atoms. The molecule has 0 bridgehead atoms. The highest BCUT2D eigenvalue weighted by Gasteiger charge is 2.43. The lowest BCUT2D eigenvalue weighted by molar-refractivity contribution is -0.122. The van der Waals surface area contributed by atoms with Crippen molar-refractivity contribution in [1.82, 2.24) is 0 Å². The van der Waals surface area contributed by atoms with Crippen molar-refractivity contribution in [1.29, 1.82) is 0 Å². The second-order valence-corrected chi connectivity index (χ2v) is 3.99. The maximum Gasteiger partial charge on any atom is 0.298 e. The summed E-state index contributed by atoms with van der Waals surface area (Å²) in [6.07, 6.45) is 0.229. The third-order valence-electron chi connectivity index (χ3n) is 2.74. The van der Waals surface area contributed by atoms with E-state index in [1.165, 1.54) is 12.1 Å². The van der Waals surface area contributed by atoms with Gasteiger partial charge in [0.25, 0.3) is 5.92 Å². The molecule has 2 rings (SSSR count). The zero-order valence-electron chi connectivity index (χ0n) is 8.67. The van der Waals surface area contributed by atoms with Gasteiger partial charge in [0, 0.05) is 12.2 Å². The first kappa shape index (κ1) is 10.6. The van der Waals surface area contributed by atoms with Crippen molar-refractivity contribution in [3.8, 4) is 0 Å². The fraction of sp³-hybridized carbons (Fsp3) is 0.500. The second-order valence-electron chi connectivity index (χ2n) is 3.99. The van der Waals surface area contributed by atoms with Gasteiger partial charge in [0.05, 0.1) is 0 Å². The number of alkyl halides is 2. The number of rotatable bonds is 2. The predicted molar refractivity (Wildman–Crippen MR) is 54.0 cm³/mol. The third-order valence-corrected chi connectivity index (χ3v) is 2.74. The minimum atomic E-state index is -2.86. The van der Waals surface area contributed by atoms with Crippen molar-refractivity contribution in [2.75, 3.05) is 6.61 Å². The Morgan fingerprint density at radius 2 is 2.20 bits per heavy atom. The molecule has 0 N–H and O–H groups in total. The first-order valence-corrected chi connectivity index (χ1v) is 5.17. The summed E-state index contributed by atoms with van der Waals surface area (Å²) in [4.78, 5) is 0. The molecule has 1 heterocycles. The van der Waals surface area contributed by atoms with E-state index in [1.54, 1.807) is 6.07 Å². The van der Waals surface area contributed by atoms with Crippen LogP contribution in [-0.4, -0.2) is 12.7 Å². The van der Waals surface area contributed by atoms with E-state index in [0.717, 1.165) is 12.0 Å². The van der Waals surface area contributed by atoms with Gasteiger partial charge >= 0.3 is 0 Å². The zero-order chi connectivity index (χ0) is 10.9. The van der Waals surface area contributed by atoms with Gasteiger partial charge in [-0.15, -0.1) is 0 Å². The highest BCUT2D eigenvalue weighted by Crippen LogP contribution is 2.38. The lowest BCUT2D eigenvalue weighted by atomic mass is 9.99. The normalized spacial score (nSPS) is 21.9. The fourth-order valence-electron chi connectivity index (χ4n) is 1.90. The average Bonchev–Trinajstić information content (AvgIpc) is 2.71. The molecular weight excluding hydrogens is 198 g/mol. The highest BCUT2D eigenvalue weighted by molar-refractivity contribution is 5.27. The van der Waals surface area contributed by atoms with Gasteiger partial charge in [-0.05, 0) is 19.8 Å². The van der Waals surface area contributed by atoms with Gasteiger partial charge in [0.15, 0.2) is 0 Å². The lowest BCUT2D eigenvalue weighted by Gasteiger charge is -2.23. The summed E-state index contributed by atoms with van der Waals surface area (Å²) in [7, 11) is 0. The molecule has 0 radical (unpaired) electrons. The van der Waals surface area contributed by atoms with Gasteiger partial charge < -0.3 is 4.74 Å². The molecule has 0 spiro atoms. The van der Waals surface area contributed by atoms with E-state index in [9.17, 15) is 8.78 Å². The quantitative estimate of drug-likeness (QED) is 0.731. The summed E-state index contributed by atoms with van der Waals surface area (Å²) in [5.41, 5.74) is 0.916. The van der Waals surface area contributed by atoms with Crippen LogP contribution >= 0.6 is 0 Å². The molecule has 1 aromatic carbocycles. The molecule has 1 aliphatic heterocycles. The summed E-state index contributed by atoms with van der Waals surface area (Å²) in [5.74, 6) is -2.86. The maximum atomic E-state index is 13.9. The Morgan fingerprint density at radius 3 is 2.80 bits per heavy atom. The summed E-state index contributed by atoms with van der Waals surface area (Å²) in [5, 5.41) is 0. The number of hydrogen-bond acceptors (Lipinski definition) is 1. The van der Waals surface area contributed by atoms with Crippen LogP contribution in [0.2, 0.25) is 0 Å². The van der Waals surface area contributed by atoms with Gasteiger partial charge in [0.2, 0.25) is 0 Å². The fourth-order valence-corrected chi connectivity index (χ4v) is 1.90. The molecule has 82 valence electrons. The van der Waals surface area contributed by atoms with Crippen molar-refractivity contribution in [3.05, 3.63) is 35.4 Å². The number of benzene rings is 1. The van der Waals surface area contributed by atoms with Crippen molar-refractivity contribution in [3.63, 3.8) is 0 Å². The predicted octanol–water partition coefficient (Wildman–Crippen LogP) is 3.27. The van der Waals surface area contributed by atoms with Crippen molar-refractivity contribution in [2.24, 2.45) is 0 Å². The number of ether oxygens (including phenoxy) is 1. The standard InChI is InChI=1S/C12H14F2O/c1-9-4-2-5-10(8-9)12(13,14)11-6-3-7-15-11/h2,4-5,8,11H,3,6-7H2,1H3. The number of hydrogen-bond donors (Lipinski definition) is 0. The molecule has 1 fully saturated rings. The van der Waals surface area contributed by atoms with E-state index < -0.39 is 12.0 Å². The summed E-state index contributed by atoms with van der Waals surface area (Å²) in [6.45, 7) is 2.27. The van der Waals surface area contributed by atoms with E-state index in [0.29, 0.717) is 13.0 Å². The van der Waals surface area contributed by atoms with Gasteiger partial charge in [-0.1, -0.05) is 29.8 Å². The number of halogens is 2. The van der Waals surface area contributed by atoms with Crippen molar-refractivity contribution in [2.45, 2.75) is 31.8 Å². The largest absolute Gasteiger partial charge is 0.372 e. The Bertz CT molecular complexity index is 343. The molecule has 1 nitrogen and oxygen atoms in total. The first-order chi connectivity index (χ1) is 7.10. The highest BCUT2D eigenvalue weighted by atomic mass is 19.3. The molecule has 3 heteroatoms. The number of aryl methyl sites for hydroxylation is 1. The zero-order valence-corrected chi connectivity index (χ0v) is 8.67. The van der Waals surface area contributed by atoms with E-state index in [-0.39, 0.29) is 5.56 Å². The molecule has 1 aliphatic rings. The Hall–Kier alpha value is -0.960. The topological polar surface area (TPSA) is 9.23 Å². The van der Waals surface area contributed by atoms with Crippen LogP contribution in [0.15, 0.2) is 24.3 Å². The van der Waals surface area contributed by atoms with Crippen molar-refractivity contribution >= 4 is 0 Å². The van der Waals surface area contributed by atoms with Crippen LogP contribution in [-0.2, 0) is 10.7 Å². The van der Waals surface area contributed by atoms with Crippen LogP contribution in [0.5, 0.6) is 0 Å². The minimum Gasteiger partial charge on any atom is -0.372 e. The van der Waals surface area contributed by atoms with Crippen molar-refractivity contribution < 1.29 is 13.5 Å². The monoisotopic (exact) mass is 212 g/mol. The van der Waals surface area contributed by atoms with Gasteiger partial charge in [-0.25, -0.2) is 0 Å². The van der Waals surface area contributed by atoms with Gasteiger partial charge in [-0.3, -0.25) is 0 Å². The first-order valence-electron chi connectivity index (χ1n) is 5.17. The summed E-state index contributed by atoms with van der Waals surface area (Å²) < 4.78 is 32.9. The molecule has 1 aromatic rings. The Morgan fingerprint density at radius 1 is 1.40 bits per heavy atom. The molecule has 1 atom stereocenters. The molecule has 1 saturated heterocycles. The Balaban J connectivity index is 2.27. The SMILES string of the molecule is Cc1cccc(C(F)(F)C2CCCO2)c1. The summed E-state index contributed by atoms with van der Waals surface area (Å²) in [6, 6.07) is 6.47. The average molecular weight is 212 g/mol. The van der Waals surface area contributed by atoms with E-state index in [2.05, 4.69) is 0 Å². The van der Waals surface area contributed by atoms with Crippen LogP contribution in [0, 0.1) is 6.92 Å². The lowest BCUT2D eigenvalue weighted by Crippen LogP contribution is -2.30. The second kappa shape index (κ2) is 3.89. The Kier molecular flexibility index (Phi) is 2.74. The van der Waals surface area contributed by atoms with E-state index >= 15 is 0 Å².